The van der Waals surface area contributed by atoms with Gasteiger partial charge in [0.05, 0.1) is 48.7 Å². The van der Waals surface area contributed by atoms with E-state index < -0.39 is 12.2 Å². The van der Waals surface area contributed by atoms with Crippen LogP contribution in [0.2, 0.25) is 5.15 Å². The first-order chi connectivity index (χ1) is 17.0. The number of amides is 1. The number of rotatable bonds is 5. The standard InChI is InChI=1S/C23H25ClFN7O3/c1-13-10-35-23(33)31(13)15-3-2-14-7-26-22(28-18(14)6-15)29-19-8-27-32(21(19)24)20-4-5-30(9-17(20)25)16-11-34-12-16/h2-3,6-8,13,16-17,20H,4-5,9-12H2,1H3,(H,26,28,29)/t13-,17+,20+/m0/s1. The number of likely N-dealkylation sites (tertiary alicyclic amines) is 1. The zero-order valence-corrected chi connectivity index (χ0v) is 19.9. The molecule has 35 heavy (non-hydrogen) atoms. The predicted octanol–water partition coefficient (Wildman–Crippen LogP) is 3.55. The Labute approximate surface area is 206 Å². The molecule has 2 aromatic heterocycles. The van der Waals surface area contributed by atoms with Crippen LogP contribution < -0.4 is 10.2 Å². The van der Waals surface area contributed by atoms with Crippen LogP contribution >= 0.6 is 11.6 Å². The lowest BCUT2D eigenvalue weighted by atomic mass is 10.0. The van der Waals surface area contributed by atoms with Crippen LogP contribution in [0.3, 0.4) is 0 Å². The first-order valence-corrected chi connectivity index (χ1v) is 12.0. The van der Waals surface area contributed by atoms with Crippen LogP contribution in [0.25, 0.3) is 10.9 Å². The van der Waals surface area contributed by atoms with Crippen molar-refractivity contribution in [2.75, 3.05) is 43.1 Å². The van der Waals surface area contributed by atoms with Crippen molar-refractivity contribution in [1.29, 1.82) is 0 Å². The Kier molecular flexibility index (Phi) is 5.70. The fourth-order valence-electron chi connectivity index (χ4n) is 4.84. The van der Waals surface area contributed by atoms with E-state index in [4.69, 9.17) is 21.1 Å². The van der Waals surface area contributed by atoms with Crippen LogP contribution in [0.4, 0.5) is 26.5 Å². The number of carbonyl (C=O) groups excluding carboxylic acids is 1. The van der Waals surface area contributed by atoms with Crippen molar-refractivity contribution in [1.82, 2.24) is 24.6 Å². The van der Waals surface area contributed by atoms with Gasteiger partial charge >= 0.3 is 6.09 Å². The van der Waals surface area contributed by atoms with E-state index in [-0.39, 0.29) is 12.1 Å². The minimum Gasteiger partial charge on any atom is -0.447 e. The van der Waals surface area contributed by atoms with E-state index in [1.165, 1.54) is 0 Å². The minimum absolute atomic E-state index is 0.0581. The summed E-state index contributed by atoms with van der Waals surface area (Å²) in [6.45, 7) is 4.73. The van der Waals surface area contributed by atoms with Gasteiger partial charge in [-0.05, 0) is 31.5 Å². The number of alkyl halides is 1. The van der Waals surface area contributed by atoms with Crippen molar-refractivity contribution in [2.45, 2.75) is 37.6 Å². The Morgan fingerprint density at radius 2 is 2.09 bits per heavy atom. The van der Waals surface area contributed by atoms with Gasteiger partial charge in [0.1, 0.15) is 12.8 Å². The molecule has 1 N–H and O–H groups in total. The van der Waals surface area contributed by atoms with Gasteiger partial charge in [-0.1, -0.05) is 11.6 Å². The number of aromatic nitrogens is 4. The molecule has 12 heteroatoms. The fraction of sp³-hybridized carbons (Fsp3) is 0.478. The average Bonchev–Trinajstić information content (AvgIpc) is 3.33. The van der Waals surface area contributed by atoms with Crippen LogP contribution in [0.5, 0.6) is 0 Å². The van der Waals surface area contributed by atoms with E-state index in [9.17, 15) is 4.79 Å². The monoisotopic (exact) mass is 501 g/mol. The van der Waals surface area contributed by atoms with Gasteiger partial charge in [0.25, 0.3) is 0 Å². The molecule has 10 nitrogen and oxygen atoms in total. The molecular weight excluding hydrogens is 477 g/mol. The topological polar surface area (TPSA) is 97.6 Å². The summed E-state index contributed by atoms with van der Waals surface area (Å²) in [4.78, 5) is 24.8. The lowest BCUT2D eigenvalue weighted by Crippen LogP contribution is -2.55. The van der Waals surface area contributed by atoms with Crippen LogP contribution in [0, 0.1) is 0 Å². The summed E-state index contributed by atoms with van der Waals surface area (Å²) in [5.74, 6) is 0.324. The highest BCUT2D eigenvalue weighted by atomic mass is 35.5. The van der Waals surface area contributed by atoms with Crippen molar-refractivity contribution in [2.24, 2.45) is 0 Å². The van der Waals surface area contributed by atoms with E-state index in [1.54, 1.807) is 22.0 Å². The number of nitrogens with zero attached hydrogens (tertiary/aromatic N) is 6. The van der Waals surface area contributed by atoms with Crippen LogP contribution in [-0.4, -0.2) is 81.9 Å². The number of cyclic esters (lactones) is 1. The molecule has 0 bridgehead atoms. The molecule has 6 rings (SSSR count). The molecular formula is C23H25ClFN7O3. The van der Waals surface area contributed by atoms with Crippen molar-refractivity contribution in [3.63, 3.8) is 0 Å². The summed E-state index contributed by atoms with van der Waals surface area (Å²) in [6.07, 6.45) is 2.42. The van der Waals surface area contributed by atoms with Gasteiger partial charge in [0, 0.05) is 30.4 Å². The summed E-state index contributed by atoms with van der Waals surface area (Å²) < 4.78 is 26.9. The maximum absolute atomic E-state index is 15.0. The fourth-order valence-corrected chi connectivity index (χ4v) is 5.10. The van der Waals surface area contributed by atoms with Crippen LogP contribution in [0.15, 0.2) is 30.6 Å². The number of halogens is 2. The lowest BCUT2D eigenvalue weighted by molar-refractivity contribution is -0.0847. The van der Waals surface area contributed by atoms with Gasteiger partial charge in [-0.15, -0.1) is 0 Å². The van der Waals surface area contributed by atoms with Gasteiger partial charge in [-0.25, -0.2) is 23.8 Å². The number of piperidine rings is 1. The third-order valence-electron chi connectivity index (χ3n) is 6.90. The quantitative estimate of drug-likeness (QED) is 0.567. The molecule has 0 saturated carbocycles. The van der Waals surface area contributed by atoms with Crippen molar-refractivity contribution >= 4 is 45.9 Å². The number of hydrogen-bond donors (Lipinski definition) is 1. The van der Waals surface area contributed by atoms with Gasteiger partial charge in [-0.2, -0.15) is 5.10 Å². The van der Waals surface area contributed by atoms with E-state index in [2.05, 4.69) is 25.3 Å². The molecule has 0 radical (unpaired) electrons. The molecule has 3 aliphatic rings. The second kappa shape index (κ2) is 8.89. The van der Waals surface area contributed by atoms with Gasteiger partial charge in [0.15, 0.2) is 5.15 Å². The average molecular weight is 502 g/mol. The third-order valence-corrected chi connectivity index (χ3v) is 7.28. The number of hydrogen-bond acceptors (Lipinski definition) is 8. The van der Waals surface area contributed by atoms with Crippen LogP contribution in [0.1, 0.15) is 19.4 Å². The van der Waals surface area contributed by atoms with E-state index in [0.29, 0.717) is 66.8 Å². The Hall–Kier alpha value is -3.02. The lowest BCUT2D eigenvalue weighted by Gasteiger charge is -2.42. The summed E-state index contributed by atoms with van der Waals surface area (Å²) in [7, 11) is 0. The smallest absolute Gasteiger partial charge is 0.414 e. The summed E-state index contributed by atoms with van der Waals surface area (Å²) >= 11 is 6.60. The van der Waals surface area contributed by atoms with Gasteiger partial charge < -0.3 is 14.8 Å². The maximum Gasteiger partial charge on any atom is 0.414 e. The number of ether oxygens (including phenoxy) is 2. The molecule has 3 saturated heterocycles. The highest BCUT2D eigenvalue weighted by Crippen LogP contribution is 2.34. The Bertz CT molecular complexity index is 1270. The second-order valence-corrected chi connectivity index (χ2v) is 9.57. The van der Waals surface area contributed by atoms with E-state index in [0.717, 1.165) is 11.9 Å². The SMILES string of the molecule is C[C@H]1COC(=O)N1c1ccc2cnc(Nc3cnn([C@@H]4CCN(C5COC5)C[C@H]4F)c3Cl)nc2c1. The van der Waals surface area contributed by atoms with Crippen molar-refractivity contribution < 1.29 is 18.7 Å². The molecule has 3 aliphatic heterocycles. The molecule has 0 unspecified atom stereocenters. The molecule has 0 spiro atoms. The molecule has 1 amide bonds. The highest BCUT2D eigenvalue weighted by Gasteiger charge is 2.37. The first kappa shape index (κ1) is 22.4. The normalized spacial score (nSPS) is 25.6. The third kappa shape index (κ3) is 4.07. The molecule has 3 atom stereocenters. The van der Waals surface area contributed by atoms with Crippen LogP contribution in [-0.2, 0) is 9.47 Å². The Balaban J connectivity index is 1.20. The molecule has 3 aromatic rings. The van der Waals surface area contributed by atoms with Crippen molar-refractivity contribution in [3.8, 4) is 0 Å². The number of carbonyl (C=O) groups is 1. The Morgan fingerprint density at radius 1 is 1.23 bits per heavy atom. The largest absolute Gasteiger partial charge is 0.447 e. The first-order valence-electron chi connectivity index (χ1n) is 11.7. The zero-order chi connectivity index (χ0) is 24.1. The van der Waals surface area contributed by atoms with Gasteiger partial charge in [-0.3, -0.25) is 9.80 Å². The summed E-state index contributed by atoms with van der Waals surface area (Å²) in [5.41, 5.74) is 1.87. The molecule has 5 heterocycles. The summed E-state index contributed by atoms with van der Waals surface area (Å²) in [5, 5.41) is 8.59. The molecule has 1 aromatic carbocycles. The Morgan fingerprint density at radius 3 is 2.80 bits per heavy atom. The van der Waals surface area contributed by atoms with E-state index >= 15 is 4.39 Å². The number of nitrogens with one attached hydrogen (secondary N) is 1. The predicted molar refractivity (Wildman–Crippen MR) is 128 cm³/mol. The number of anilines is 3. The minimum atomic E-state index is -1.08. The summed E-state index contributed by atoms with van der Waals surface area (Å²) in [6, 6.07) is 5.35. The molecule has 3 fully saturated rings. The number of benzene rings is 1. The van der Waals surface area contributed by atoms with Crippen molar-refractivity contribution in [3.05, 3.63) is 35.7 Å². The number of fused-ring (bicyclic) bond motifs is 1. The zero-order valence-electron chi connectivity index (χ0n) is 19.1. The molecule has 0 aliphatic carbocycles. The highest BCUT2D eigenvalue weighted by molar-refractivity contribution is 6.32. The van der Waals surface area contributed by atoms with E-state index in [1.807, 2.05) is 25.1 Å². The molecule has 184 valence electrons. The maximum atomic E-state index is 15.0. The second-order valence-electron chi connectivity index (χ2n) is 9.21. The van der Waals surface area contributed by atoms with Gasteiger partial charge in [0.2, 0.25) is 5.95 Å².